The fourth-order valence-electron chi connectivity index (χ4n) is 4.73. The minimum absolute atomic E-state index is 0.272. The van der Waals surface area contributed by atoms with E-state index in [1.807, 2.05) is 45.9 Å². The summed E-state index contributed by atoms with van der Waals surface area (Å²) >= 11 is 0. The number of aromatic nitrogens is 1. The molecule has 0 amide bonds. The summed E-state index contributed by atoms with van der Waals surface area (Å²) in [6.45, 7) is 7.66. The van der Waals surface area contributed by atoms with Crippen LogP contribution in [0.2, 0.25) is 0 Å². The van der Waals surface area contributed by atoms with Gasteiger partial charge >= 0.3 is 7.12 Å². The molecule has 0 unspecified atom stereocenters. The third kappa shape index (κ3) is 2.24. The maximum atomic E-state index is 15.0. The van der Waals surface area contributed by atoms with E-state index < -0.39 is 41.6 Å². The molecule has 8 heteroatoms. The molecule has 0 spiro atoms. The van der Waals surface area contributed by atoms with E-state index in [9.17, 15) is 13.2 Å². The van der Waals surface area contributed by atoms with Gasteiger partial charge in [-0.15, -0.1) is 0 Å². The Bertz CT molecular complexity index is 1570. The Kier molecular flexibility index (Phi) is 3.68. The molecule has 0 bridgehead atoms. The fraction of sp³-hybridized carbons (Fsp3) is 0.250. The summed E-state index contributed by atoms with van der Waals surface area (Å²) in [4.78, 5) is 0. The van der Waals surface area contributed by atoms with Gasteiger partial charge in [-0.3, -0.25) is 0 Å². The third-order valence-corrected chi connectivity index (χ3v) is 7.05. The standard InChI is InChI=1S/C24H18BF4NO2/c1-23(2)24(3,4)32-25(31-23)11-9-13-12-7-5-6-8-15(12)30-21(13)14(10-11)16-17(26)18(27)19(28)20(29)22(16)30/h5-10H,1-4H3. The molecule has 1 fully saturated rings. The lowest BCUT2D eigenvalue weighted by Crippen LogP contribution is -2.41. The molecule has 0 atom stereocenters. The second-order valence-electron chi connectivity index (χ2n) is 9.38. The van der Waals surface area contributed by atoms with E-state index in [1.165, 1.54) is 4.40 Å². The molecule has 3 nitrogen and oxygen atoms in total. The highest BCUT2D eigenvalue weighted by atomic mass is 19.2. The first-order valence-corrected chi connectivity index (χ1v) is 10.3. The summed E-state index contributed by atoms with van der Waals surface area (Å²) < 4.78 is 72.2. The molecule has 162 valence electrons. The van der Waals surface area contributed by atoms with Crippen LogP contribution in [0.1, 0.15) is 27.7 Å². The van der Waals surface area contributed by atoms with Gasteiger partial charge in [0, 0.05) is 21.5 Å². The Morgan fingerprint density at radius 1 is 0.719 bits per heavy atom. The molecule has 0 radical (unpaired) electrons. The molecule has 32 heavy (non-hydrogen) atoms. The van der Waals surface area contributed by atoms with Crippen molar-refractivity contribution >= 4 is 50.7 Å². The highest BCUT2D eigenvalue weighted by Gasteiger charge is 2.52. The molecule has 6 rings (SSSR count). The molecule has 1 aliphatic rings. The van der Waals surface area contributed by atoms with Crippen molar-refractivity contribution in [3.05, 3.63) is 59.7 Å². The second-order valence-corrected chi connectivity index (χ2v) is 9.38. The summed E-state index contributed by atoms with van der Waals surface area (Å²) in [5, 5.41) is 1.44. The number of hydrogen-bond donors (Lipinski definition) is 0. The van der Waals surface area contributed by atoms with Crippen molar-refractivity contribution in [2.75, 3.05) is 0 Å². The van der Waals surface area contributed by atoms with E-state index in [0.29, 0.717) is 21.9 Å². The minimum atomic E-state index is -1.83. The Morgan fingerprint density at radius 3 is 2.00 bits per heavy atom. The van der Waals surface area contributed by atoms with Gasteiger partial charge in [-0.05, 0) is 39.2 Å². The minimum Gasteiger partial charge on any atom is -0.399 e. The van der Waals surface area contributed by atoms with Crippen molar-refractivity contribution < 1.29 is 26.9 Å². The molecule has 1 aliphatic heterocycles. The average molecular weight is 439 g/mol. The Labute approximate surface area is 181 Å². The largest absolute Gasteiger partial charge is 0.494 e. The van der Waals surface area contributed by atoms with Crippen LogP contribution in [0.25, 0.3) is 38.1 Å². The van der Waals surface area contributed by atoms with Gasteiger partial charge in [-0.25, -0.2) is 17.6 Å². The lowest BCUT2D eigenvalue weighted by molar-refractivity contribution is 0.00578. The molecular weight excluding hydrogens is 421 g/mol. The maximum absolute atomic E-state index is 15.0. The van der Waals surface area contributed by atoms with E-state index in [4.69, 9.17) is 9.31 Å². The average Bonchev–Trinajstić information content (AvgIpc) is 3.33. The fourth-order valence-corrected chi connectivity index (χ4v) is 4.73. The molecular formula is C24H18BF4NO2. The van der Waals surface area contributed by atoms with Crippen LogP contribution in [0, 0.1) is 23.3 Å². The van der Waals surface area contributed by atoms with Gasteiger partial charge in [0.2, 0.25) is 0 Å². The van der Waals surface area contributed by atoms with Crippen LogP contribution in [-0.4, -0.2) is 22.7 Å². The second kappa shape index (κ2) is 5.94. The number of hydrogen-bond acceptors (Lipinski definition) is 2. The van der Waals surface area contributed by atoms with Crippen LogP contribution in [0.5, 0.6) is 0 Å². The summed E-state index contributed by atoms with van der Waals surface area (Å²) in [6.07, 6.45) is 0. The lowest BCUT2D eigenvalue weighted by atomic mass is 9.77. The SMILES string of the molecule is CC1(C)OB(c2cc3c4ccccc4n4c5c(F)c(F)c(F)c(F)c5c(c2)c34)OC1(C)C. The molecule has 5 aromatic rings. The van der Waals surface area contributed by atoms with Gasteiger partial charge in [0.15, 0.2) is 23.3 Å². The first-order valence-electron chi connectivity index (χ1n) is 10.3. The number of halogens is 4. The summed E-state index contributed by atoms with van der Waals surface area (Å²) in [5.41, 5.74) is 0.110. The predicted molar refractivity (Wildman–Crippen MR) is 117 cm³/mol. The van der Waals surface area contributed by atoms with Gasteiger partial charge in [0.1, 0.15) is 0 Å². The molecule has 0 aliphatic carbocycles. The number of para-hydroxylation sites is 1. The molecule has 3 aromatic carbocycles. The Hall–Kier alpha value is -2.84. The topological polar surface area (TPSA) is 22.9 Å². The van der Waals surface area contributed by atoms with Crippen LogP contribution in [0.3, 0.4) is 0 Å². The van der Waals surface area contributed by atoms with E-state index in [1.54, 1.807) is 18.2 Å². The van der Waals surface area contributed by atoms with Crippen molar-refractivity contribution in [1.29, 1.82) is 0 Å². The number of rotatable bonds is 1. The quantitative estimate of drug-likeness (QED) is 0.145. The van der Waals surface area contributed by atoms with E-state index in [2.05, 4.69) is 0 Å². The first kappa shape index (κ1) is 19.8. The predicted octanol–water partition coefficient (Wildman–Crippen LogP) is 5.69. The van der Waals surface area contributed by atoms with Crippen molar-refractivity contribution in [2.24, 2.45) is 0 Å². The number of fused-ring (bicyclic) bond motifs is 6. The van der Waals surface area contributed by atoms with E-state index >= 15 is 4.39 Å². The monoisotopic (exact) mass is 439 g/mol. The maximum Gasteiger partial charge on any atom is 0.494 e. The van der Waals surface area contributed by atoms with Crippen molar-refractivity contribution in [3.63, 3.8) is 0 Å². The smallest absolute Gasteiger partial charge is 0.399 e. The normalized spacial score (nSPS) is 18.2. The van der Waals surface area contributed by atoms with Crippen molar-refractivity contribution in [2.45, 2.75) is 38.9 Å². The van der Waals surface area contributed by atoms with E-state index in [-0.39, 0.29) is 16.3 Å². The van der Waals surface area contributed by atoms with Crippen LogP contribution in [0.15, 0.2) is 36.4 Å². The molecule has 1 saturated heterocycles. The lowest BCUT2D eigenvalue weighted by Gasteiger charge is -2.32. The zero-order valence-electron chi connectivity index (χ0n) is 17.8. The highest BCUT2D eigenvalue weighted by Crippen LogP contribution is 2.42. The van der Waals surface area contributed by atoms with Gasteiger partial charge < -0.3 is 13.7 Å². The zero-order chi connectivity index (χ0) is 22.7. The molecule has 2 aromatic heterocycles. The number of benzene rings is 3. The van der Waals surface area contributed by atoms with Crippen molar-refractivity contribution in [1.82, 2.24) is 4.40 Å². The van der Waals surface area contributed by atoms with Gasteiger partial charge in [0.05, 0.1) is 27.8 Å². The van der Waals surface area contributed by atoms with Crippen LogP contribution < -0.4 is 5.46 Å². The summed E-state index contributed by atoms with van der Waals surface area (Å²) in [6, 6.07) is 10.6. The first-order chi connectivity index (χ1) is 15.0. The van der Waals surface area contributed by atoms with E-state index in [0.717, 1.165) is 5.39 Å². The Morgan fingerprint density at radius 2 is 1.31 bits per heavy atom. The highest BCUT2D eigenvalue weighted by molar-refractivity contribution is 6.63. The zero-order valence-corrected chi connectivity index (χ0v) is 17.8. The Balaban J connectivity index is 1.80. The number of nitrogens with zero attached hydrogens (tertiary/aromatic N) is 1. The molecule has 3 heterocycles. The summed E-state index contributed by atoms with van der Waals surface area (Å²) in [7, 11) is -0.759. The molecule has 0 N–H and O–H groups in total. The third-order valence-electron chi connectivity index (χ3n) is 7.05. The van der Waals surface area contributed by atoms with Crippen molar-refractivity contribution in [3.8, 4) is 0 Å². The van der Waals surface area contributed by atoms with Crippen LogP contribution >= 0.6 is 0 Å². The van der Waals surface area contributed by atoms with Gasteiger partial charge in [-0.1, -0.05) is 30.3 Å². The summed E-state index contributed by atoms with van der Waals surface area (Å²) in [5.74, 6) is -6.49. The van der Waals surface area contributed by atoms with Gasteiger partial charge in [-0.2, -0.15) is 0 Å². The van der Waals surface area contributed by atoms with Gasteiger partial charge in [0.25, 0.3) is 0 Å². The molecule has 0 saturated carbocycles. The van der Waals surface area contributed by atoms with Crippen LogP contribution in [0.4, 0.5) is 17.6 Å². The van der Waals surface area contributed by atoms with Crippen LogP contribution in [-0.2, 0) is 9.31 Å².